The van der Waals surface area contributed by atoms with E-state index in [1.165, 1.54) is 10.2 Å². The van der Waals surface area contributed by atoms with E-state index in [9.17, 15) is 14.7 Å². The summed E-state index contributed by atoms with van der Waals surface area (Å²) in [7, 11) is 0. The van der Waals surface area contributed by atoms with Crippen molar-refractivity contribution >= 4 is 5.91 Å². The highest BCUT2D eigenvalue weighted by molar-refractivity contribution is 5.76. The van der Waals surface area contributed by atoms with Gasteiger partial charge in [-0.05, 0) is 49.3 Å². The topological polar surface area (TPSA) is 80.4 Å². The summed E-state index contributed by atoms with van der Waals surface area (Å²) in [5.74, 6) is 1.46. The van der Waals surface area contributed by atoms with Crippen LogP contribution in [0.3, 0.4) is 0 Å². The van der Waals surface area contributed by atoms with Gasteiger partial charge in [-0.2, -0.15) is 5.10 Å². The zero-order valence-corrected chi connectivity index (χ0v) is 15.5. The highest BCUT2D eigenvalue weighted by atomic mass is 16.3. The van der Waals surface area contributed by atoms with Gasteiger partial charge in [0, 0.05) is 26.1 Å². The van der Waals surface area contributed by atoms with Crippen molar-refractivity contribution in [2.75, 3.05) is 13.1 Å². The van der Waals surface area contributed by atoms with Crippen molar-refractivity contribution in [1.29, 1.82) is 0 Å². The largest absolute Gasteiger partial charge is 0.508 e. The van der Waals surface area contributed by atoms with E-state index in [-0.39, 0.29) is 23.9 Å². The number of aromatic hydroxyl groups is 1. The van der Waals surface area contributed by atoms with Crippen LogP contribution < -0.4 is 5.69 Å². The van der Waals surface area contributed by atoms with Crippen molar-refractivity contribution in [3.8, 4) is 5.75 Å². The Kier molecular flexibility index (Phi) is 5.01. The first kappa shape index (κ1) is 17.8. The van der Waals surface area contributed by atoms with Gasteiger partial charge in [0.1, 0.15) is 18.1 Å². The Balaban J connectivity index is 1.37. The van der Waals surface area contributed by atoms with E-state index in [1.54, 1.807) is 16.7 Å². The Morgan fingerprint density at radius 2 is 1.81 bits per heavy atom. The number of aryl methyl sites for hydroxylation is 1. The summed E-state index contributed by atoms with van der Waals surface area (Å²) in [5, 5.41) is 13.8. The van der Waals surface area contributed by atoms with Crippen LogP contribution in [0.1, 0.15) is 49.4 Å². The maximum absolute atomic E-state index is 12.7. The summed E-state index contributed by atoms with van der Waals surface area (Å²) < 4.78 is 3.08. The number of hydrogen-bond acceptors (Lipinski definition) is 4. The number of benzene rings is 1. The van der Waals surface area contributed by atoms with Crippen LogP contribution in [0, 0.1) is 0 Å². The van der Waals surface area contributed by atoms with Gasteiger partial charge in [0.05, 0.1) is 0 Å². The fraction of sp³-hybridized carbons (Fsp3) is 0.550. The first-order valence-corrected chi connectivity index (χ1v) is 9.85. The van der Waals surface area contributed by atoms with Gasteiger partial charge in [0.15, 0.2) is 0 Å². The third-order valence-corrected chi connectivity index (χ3v) is 5.78. The van der Waals surface area contributed by atoms with Crippen LogP contribution in [0.25, 0.3) is 0 Å². The van der Waals surface area contributed by atoms with Gasteiger partial charge in [0.25, 0.3) is 0 Å². The summed E-state index contributed by atoms with van der Waals surface area (Å²) in [6, 6.07) is 7.33. The molecule has 1 N–H and O–H groups in total. The molecule has 2 aliphatic heterocycles. The Morgan fingerprint density at radius 1 is 1.07 bits per heavy atom. The minimum atomic E-state index is -0.153. The summed E-state index contributed by atoms with van der Waals surface area (Å²) >= 11 is 0. The molecule has 7 heteroatoms. The molecule has 2 aliphatic rings. The number of phenols is 1. The van der Waals surface area contributed by atoms with Crippen LogP contribution in [-0.2, 0) is 24.3 Å². The van der Waals surface area contributed by atoms with E-state index in [2.05, 4.69) is 5.10 Å². The van der Waals surface area contributed by atoms with Crippen molar-refractivity contribution in [2.24, 2.45) is 0 Å². The SMILES string of the molecule is O=C(Cn1nc2n(c1=O)CCCCC2)N1CCC(c2ccc(O)cc2)CC1. The molecule has 1 saturated heterocycles. The second kappa shape index (κ2) is 7.58. The first-order chi connectivity index (χ1) is 13.1. The number of fused-ring (bicyclic) bond motifs is 1. The van der Waals surface area contributed by atoms with Crippen LogP contribution in [-0.4, -0.2) is 43.4 Å². The quantitative estimate of drug-likeness (QED) is 0.895. The van der Waals surface area contributed by atoms with Gasteiger partial charge < -0.3 is 10.0 Å². The molecule has 144 valence electrons. The van der Waals surface area contributed by atoms with Crippen LogP contribution in [0.4, 0.5) is 0 Å². The number of likely N-dealkylation sites (tertiary alicyclic amines) is 1. The van der Waals surface area contributed by atoms with Crippen molar-refractivity contribution in [3.05, 3.63) is 46.1 Å². The molecule has 4 rings (SSSR count). The Hall–Kier alpha value is -2.57. The summed E-state index contributed by atoms with van der Waals surface area (Å²) in [5.41, 5.74) is 1.05. The molecular weight excluding hydrogens is 344 g/mol. The number of nitrogens with zero attached hydrogens (tertiary/aromatic N) is 4. The van der Waals surface area contributed by atoms with E-state index in [0.717, 1.165) is 44.3 Å². The average molecular weight is 370 g/mol. The van der Waals surface area contributed by atoms with Gasteiger partial charge >= 0.3 is 5.69 Å². The normalized spacial score (nSPS) is 18.1. The molecule has 0 spiro atoms. The maximum Gasteiger partial charge on any atom is 0.346 e. The lowest BCUT2D eigenvalue weighted by Gasteiger charge is -2.32. The van der Waals surface area contributed by atoms with Crippen molar-refractivity contribution in [2.45, 2.75) is 57.5 Å². The molecule has 1 aromatic heterocycles. The second-order valence-corrected chi connectivity index (χ2v) is 7.57. The van der Waals surface area contributed by atoms with Crippen LogP contribution in [0.2, 0.25) is 0 Å². The lowest BCUT2D eigenvalue weighted by molar-refractivity contribution is -0.133. The zero-order chi connectivity index (χ0) is 18.8. The third kappa shape index (κ3) is 3.77. The number of aromatic nitrogens is 3. The van der Waals surface area contributed by atoms with E-state index in [1.807, 2.05) is 17.0 Å². The maximum atomic E-state index is 12.7. The zero-order valence-electron chi connectivity index (χ0n) is 15.5. The summed E-state index contributed by atoms with van der Waals surface area (Å²) in [6.45, 7) is 2.11. The first-order valence-electron chi connectivity index (χ1n) is 9.85. The molecule has 1 amide bonds. The van der Waals surface area contributed by atoms with Gasteiger partial charge in [0.2, 0.25) is 5.91 Å². The van der Waals surface area contributed by atoms with Crippen LogP contribution in [0.5, 0.6) is 5.75 Å². The average Bonchev–Trinajstić information content (AvgIpc) is 2.85. The number of carbonyl (C=O) groups excluding carboxylic acids is 1. The van der Waals surface area contributed by atoms with Gasteiger partial charge in [-0.1, -0.05) is 18.6 Å². The van der Waals surface area contributed by atoms with E-state index in [4.69, 9.17) is 0 Å². The van der Waals surface area contributed by atoms with Gasteiger partial charge in [-0.25, -0.2) is 9.48 Å². The molecule has 0 saturated carbocycles. The minimum absolute atomic E-state index is 0.0305. The highest BCUT2D eigenvalue weighted by Crippen LogP contribution is 2.29. The number of carbonyl (C=O) groups is 1. The smallest absolute Gasteiger partial charge is 0.346 e. The fourth-order valence-corrected chi connectivity index (χ4v) is 4.17. The lowest BCUT2D eigenvalue weighted by atomic mass is 9.89. The van der Waals surface area contributed by atoms with Crippen molar-refractivity contribution in [1.82, 2.24) is 19.2 Å². The minimum Gasteiger partial charge on any atom is -0.508 e. The molecule has 27 heavy (non-hydrogen) atoms. The molecule has 1 aromatic carbocycles. The molecule has 0 atom stereocenters. The monoisotopic (exact) mass is 370 g/mol. The van der Waals surface area contributed by atoms with E-state index in [0.29, 0.717) is 25.6 Å². The second-order valence-electron chi connectivity index (χ2n) is 7.57. The Bertz CT molecular complexity index is 860. The predicted molar refractivity (Wildman–Crippen MR) is 101 cm³/mol. The van der Waals surface area contributed by atoms with Crippen LogP contribution >= 0.6 is 0 Å². The molecule has 3 heterocycles. The molecular formula is C20H26N4O3. The molecule has 2 aromatic rings. The number of amides is 1. The highest BCUT2D eigenvalue weighted by Gasteiger charge is 2.25. The van der Waals surface area contributed by atoms with E-state index < -0.39 is 0 Å². The van der Waals surface area contributed by atoms with E-state index >= 15 is 0 Å². The predicted octanol–water partition coefficient (Wildman–Crippen LogP) is 1.88. The molecule has 0 unspecified atom stereocenters. The molecule has 0 radical (unpaired) electrons. The number of piperidine rings is 1. The number of hydrogen-bond donors (Lipinski definition) is 1. The molecule has 0 aliphatic carbocycles. The summed E-state index contributed by atoms with van der Waals surface area (Å²) in [4.78, 5) is 27.0. The Labute approximate surface area is 158 Å². The fourth-order valence-electron chi connectivity index (χ4n) is 4.17. The van der Waals surface area contributed by atoms with Crippen LogP contribution in [0.15, 0.2) is 29.1 Å². The third-order valence-electron chi connectivity index (χ3n) is 5.78. The molecule has 7 nitrogen and oxygen atoms in total. The van der Waals surface area contributed by atoms with Gasteiger partial charge in [-0.3, -0.25) is 9.36 Å². The lowest BCUT2D eigenvalue weighted by Crippen LogP contribution is -2.41. The molecule has 1 fully saturated rings. The Morgan fingerprint density at radius 3 is 2.56 bits per heavy atom. The summed E-state index contributed by atoms with van der Waals surface area (Å²) in [6.07, 6.45) is 5.77. The number of rotatable bonds is 3. The van der Waals surface area contributed by atoms with Gasteiger partial charge in [-0.15, -0.1) is 0 Å². The van der Waals surface area contributed by atoms with Crippen molar-refractivity contribution in [3.63, 3.8) is 0 Å². The number of phenolic OH excluding ortho intramolecular Hbond substituents is 1. The van der Waals surface area contributed by atoms with Crippen molar-refractivity contribution < 1.29 is 9.90 Å². The molecule has 0 bridgehead atoms. The standard InChI is InChI=1S/C20H26N4O3/c25-17-7-5-15(6-8-17)16-9-12-22(13-10-16)19(26)14-24-20(27)23-11-3-1-2-4-18(23)21-24/h5-8,16,25H,1-4,9-14H2.